The Morgan fingerprint density at radius 2 is 1.45 bits per heavy atom. The van der Waals surface area contributed by atoms with Crippen molar-refractivity contribution in [2.75, 3.05) is 16.4 Å². The zero-order valence-electron chi connectivity index (χ0n) is 21.6. The molecule has 0 saturated heterocycles. The summed E-state index contributed by atoms with van der Waals surface area (Å²) in [5.41, 5.74) is 2.86. The molecule has 0 aliphatic heterocycles. The molecule has 1 heterocycles. The molecule has 0 aliphatic carbocycles. The number of Topliss-reactive ketones (excluding diaryl/α,β-unsaturated/α-hetero) is 1. The van der Waals surface area contributed by atoms with Gasteiger partial charge in [0.2, 0.25) is 5.91 Å². The number of aromatic nitrogens is 1. The van der Waals surface area contributed by atoms with E-state index >= 15 is 0 Å². The van der Waals surface area contributed by atoms with Crippen molar-refractivity contribution >= 4 is 52.7 Å². The van der Waals surface area contributed by atoms with Gasteiger partial charge in [-0.2, -0.15) is 0 Å². The molecule has 3 aromatic carbocycles. The van der Waals surface area contributed by atoms with Crippen LogP contribution in [0.1, 0.15) is 33.2 Å². The minimum absolute atomic E-state index is 0.0363. The van der Waals surface area contributed by atoms with Crippen molar-refractivity contribution < 1.29 is 19.2 Å². The molecule has 4 rings (SSSR count). The highest BCUT2D eigenvalue weighted by Crippen LogP contribution is 2.21. The second-order valence-corrected chi connectivity index (χ2v) is 9.66. The Morgan fingerprint density at radius 1 is 0.775 bits per heavy atom. The number of hydrogen-bond acceptors (Lipinski definition) is 6. The first-order valence-corrected chi connectivity index (χ1v) is 13.3. The number of nitrogens with one attached hydrogen (secondary N) is 3. The molecule has 40 heavy (non-hydrogen) atoms. The number of carbonyl (C=O) groups is 4. The average molecular weight is 551 g/mol. The molecule has 0 saturated carbocycles. The van der Waals surface area contributed by atoms with Crippen molar-refractivity contribution in [2.45, 2.75) is 11.8 Å². The number of thioether (sulfide) groups is 1. The number of benzene rings is 3. The molecule has 1 aromatic heterocycles. The van der Waals surface area contributed by atoms with Gasteiger partial charge in [-0.05, 0) is 85.3 Å². The van der Waals surface area contributed by atoms with Crippen LogP contribution < -0.4 is 16.0 Å². The summed E-state index contributed by atoms with van der Waals surface area (Å²) in [4.78, 5) is 54.5. The summed E-state index contributed by atoms with van der Waals surface area (Å²) in [7, 11) is 0. The SMILES string of the molecule is CC(=O)c1ccc(NC(=O)CSc2ccc(NC(=O)/C(=C/c3cccnc3)NC(=O)c3ccccc3)cc2)cc1. The number of hydrogen-bond donors (Lipinski definition) is 3. The number of pyridine rings is 1. The normalized spacial score (nSPS) is 10.9. The van der Waals surface area contributed by atoms with Crippen LogP contribution in [0.15, 0.2) is 114 Å². The minimum Gasteiger partial charge on any atom is -0.325 e. The lowest BCUT2D eigenvalue weighted by Crippen LogP contribution is -2.30. The van der Waals surface area contributed by atoms with Crippen molar-refractivity contribution in [1.82, 2.24) is 10.3 Å². The first-order valence-electron chi connectivity index (χ1n) is 12.3. The first-order chi connectivity index (χ1) is 19.4. The Labute approximate surface area is 235 Å². The summed E-state index contributed by atoms with van der Waals surface area (Å²) in [6, 6.07) is 25.9. The molecule has 4 aromatic rings. The maximum absolute atomic E-state index is 13.1. The third-order valence-corrected chi connectivity index (χ3v) is 6.59. The number of amides is 3. The lowest BCUT2D eigenvalue weighted by atomic mass is 10.1. The average Bonchev–Trinajstić information content (AvgIpc) is 2.97. The van der Waals surface area contributed by atoms with Gasteiger partial charge in [-0.25, -0.2) is 0 Å². The molecule has 0 radical (unpaired) electrons. The van der Waals surface area contributed by atoms with Gasteiger partial charge < -0.3 is 16.0 Å². The van der Waals surface area contributed by atoms with E-state index in [1.807, 2.05) is 0 Å². The lowest BCUT2D eigenvalue weighted by Gasteiger charge is -2.12. The molecule has 200 valence electrons. The maximum Gasteiger partial charge on any atom is 0.272 e. The Morgan fingerprint density at radius 3 is 2.10 bits per heavy atom. The van der Waals surface area contributed by atoms with Crippen LogP contribution in [0.2, 0.25) is 0 Å². The number of carbonyl (C=O) groups excluding carboxylic acids is 4. The van der Waals surface area contributed by atoms with Gasteiger partial charge in [0.1, 0.15) is 5.70 Å². The van der Waals surface area contributed by atoms with Crippen LogP contribution in [0, 0.1) is 0 Å². The van der Waals surface area contributed by atoms with Gasteiger partial charge >= 0.3 is 0 Å². The summed E-state index contributed by atoms with van der Waals surface area (Å²) in [5, 5.41) is 8.30. The molecule has 0 unspecified atom stereocenters. The third-order valence-electron chi connectivity index (χ3n) is 5.58. The van der Waals surface area contributed by atoms with Crippen LogP contribution in [-0.4, -0.2) is 34.2 Å². The molecule has 3 amide bonds. The van der Waals surface area contributed by atoms with Gasteiger partial charge in [0.15, 0.2) is 5.78 Å². The molecular weight excluding hydrogens is 524 g/mol. The fourth-order valence-corrected chi connectivity index (χ4v) is 4.24. The van der Waals surface area contributed by atoms with Crippen molar-refractivity contribution in [1.29, 1.82) is 0 Å². The minimum atomic E-state index is -0.497. The zero-order valence-corrected chi connectivity index (χ0v) is 22.4. The number of nitrogens with zero attached hydrogens (tertiary/aromatic N) is 1. The standard InChI is InChI=1S/C31H26N4O4S/c1-21(36)23-9-11-25(12-10-23)33-29(37)20-40-27-15-13-26(14-16-27)34-31(39)28(18-22-6-5-17-32-19-22)35-30(38)24-7-3-2-4-8-24/h2-19H,20H2,1H3,(H,33,37)(H,34,39)(H,35,38)/b28-18-. The van der Waals surface area contributed by atoms with E-state index in [4.69, 9.17) is 0 Å². The van der Waals surface area contributed by atoms with E-state index in [9.17, 15) is 19.2 Å². The molecule has 0 aliphatic rings. The van der Waals surface area contributed by atoms with E-state index in [0.717, 1.165) is 4.90 Å². The monoisotopic (exact) mass is 550 g/mol. The quantitative estimate of drug-likeness (QED) is 0.138. The highest BCUT2D eigenvalue weighted by molar-refractivity contribution is 8.00. The van der Waals surface area contributed by atoms with Gasteiger partial charge in [0.05, 0.1) is 5.75 Å². The van der Waals surface area contributed by atoms with Crippen LogP contribution in [0.4, 0.5) is 11.4 Å². The van der Waals surface area contributed by atoms with Gasteiger partial charge in [-0.15, -0.1) is 11.8 Å². The van der Waals surface area contributed by atoms with E-state index in [1.165, 1.54) is 18.7 Å². The van der Waals surface area contributed by atoms with E-state index in [0.29, 0.717) is 28.1 Å². The largest absolute Gasteiger partial charge is 0.325 e. The summed E-state index contributed by atoms with van der Waals surface area (Å²) in [6.45, 7) is 1.49. The van der Waals surface area contributed by atoms with Crippen LogP contribution >= 0.6 is 11.8 Å². The Kier molecular flexibility index (Phi) is 9.58. The van der Waals surface area contributed by atoms with E-state index < -0.39 is 11.8 Å². The van der Waals surface area contributed by atoms with Gasteiger partial charge in [0.25, 0.3) is 11.8 Å². The highest BCUT2D eigenvalue weighted by Gasteiger charge is 2.15. The summed E-state index contributed by atoms with van der Waals surface area (Å²) in [6.07, 6.45) is 4.76. The van der Waals surface area contributed by atoms with Gasteiger partial charge in [-0.1, -0.05) is 24.3 Å². The smallest absolute Gasteiger partial charge is 0.272 e. The third kappa shape index (κ3) is 8.24. The highest BCUT2D eigenvalue weighted by atomic mass is 32.2. The van der Waals surface area contributed by atoms with E-state index in [-0.39, 0.29) is 23.1 Å². The molecular formula is C31H26N4O4S. The predicted molar refractivity (Wildman–Crippen MR) is 157 cm³/mol. The lowest BCUT2D eigenvalue weighted by molar-refractivity contribution is -0.114. The molecule has 3 N–H and O–H groups in total. The fourth-order valence-electron chi connectivity index (χ4n) is 3.54. The van der Waals surface area contributed by atoms with Crippen LogP contribution in [0.5, 0.6) is 0 Å². The maximum atomic E-state index is 13.1. The van der Waals surface area contributed by atoms with Crippen LogP contribution in [0.3, 0.4) is 0 Å². The predicted octanol–water partition coefficient (Wildman–Crippen LogP) is 5.42. The molecule has 0 bridgehead atoms. The zero-order chi connectivity index (χ0) is 28.3. The molecule has 0 atom stereocenters. The number of rotatable bonds is 10. The molecule has 8 nitrogen and oxygen atoms in total. The Bertz CT molecular complexity index is 1520. The Hall–Kier alpha value is -5.02. The fraction of sp³-hybridized carbons (Fsp3) is 0.0645. The Balaban J connectivity index is 1.36. The number of anilines is 2. The second-order valence-electron chi connectivity index (χ2n) is 8.61. The van der Waals surface area contributed by atoms with E-state index in [1.54, 1.807) is 109 Å². The van der Waals surface area contributed by atoms with Crippen molar-refractivity contribution in [3.05, 3.63) is 126 Å². The van der Waals surface area contributed by atoms with Crippen LogP contribution in [-0.2, 0) is 9.59 Å². The van der Waals surface area contributed by atoms with Gasteiger partial charge in [-0.3, -0.25) is 24.2 Å². The van der Waals surface area contributed by atoms with Crippen molar-refractivity contribution in [3.8, 4) is 0 Å². The van der Waals surface area contributed by atoms with Crippen molar-refractivity contribution in [2.24, 2.45) is 0 Å². The summed E-state index contributed by atoms with van der Waals surface area (Å²) >= 11 is 1.34. The second kappa shape index (κ2) is 13.7. The summed E-state index contributed by atoms with van der Waals surface area (Å²) < 4.78 is 0. The van der Waals surface area contributed by atoms with Crippen molar-refractivity contribution in [3.63, 3.8) is 0 Å². The van der Waals surface area contributed by atoms with Gasteiger partial charge in [0, 0.05) is 39.8 Å². The topological polar surface area (TPSA) is 117 Å². The number of ketones is 1. The van der Waals surface area contributed by atoms with Crippen LogP contribution in [0.25, 0.3) is 6.08 Å². The molecule has 0 spiro atoms. The molecule has 0 fully saturated rings. The first kappa shape index (κ1) is 28.0. The molecule has 9 heteroatoms. The van der Waals surface area contributed by atoms with E-state index in [2.05, 4.69) is 20.9 Å². The summed E-state index contributed by atoms with van der Waals surface area (Å²) in [5.74, 6) is -0.943.